The predicted octanol–water partition coefficient (Wildman–Crippen LogP) is 5.19. The lowest BCUT2D eigenvalue weighted by molar-refractivity contribution is -0.145. The number of hydrogen-bond acceptors (Lipinski definition) is 10. The van der Waals surface area contributed by atoms with Crippen LogP contribution in [0.5, 0.6) is 0 Å². The van der Waals surface area contributed by atoms with Gasteiger partial charge in [0.2, 0.25) is 11.8 Å². The highest BCUT2D eigenvalue weighted by Gasteiger charge is 2.44. The second kappa shape index (κ2) is 16.0. The van der Waals surface area contributed by atoms with Crippen molar-refractivity contribution in [3.05, 3.63) is 106 Å². The summed E-state index contributed by atoms with van der Waals surface area (Å²) in [7, 11) is 0. The van der Waals surface area contributed by atoms with Crippen LogP contribution in [-0.4, -0.2) is 79.9 Å². The van der Waals surface area contributed by atoms with E-state index in [1.807, 2.05) is 46.2 Å². The molecule has 2 saturated heterocycles. The van der Waals surface area contributed by atoms with Crippen molar-refractivity contribution in [2.24, 2.45) is 0 Å². The van der Waals surface area contributed by atoms with Crippen molar-refractivity contribution in [2.75, 3.05) is 29.9 Å². The smallest absolute Gasteiger partial charge is 0.228 e. The standard InChI is InChI=1S/C40H44N10O2/c1-26(2)30-9-5-28(6-10-30)19-39(51)49-24-34(43-36-15-13-32(22-41)44-46-36)21-38(49)50(40(52)20-29-7-11-31(12-8-29)27(3)4)35-17-18-48(25-35)37-16-14-33(23-42)45-47-37/h5-16,26-27,34-35,38H,17-21,24-25H2,1-4H3,(H,43,46)/t34-,35+,38?/m1/s1. The summed E-state index contributed by atoms with van der Waals surface area (Å²) in [4.78, 5) is 34.8. The molecule has 0 radical (unpaired) electrons. The van der Waals surface area contributed by atoms with E-state index in [1.54, 1.807) is 24.3 Å². The maximum Gasteiger partial charge on any atom is 0.228 e. The van der Waals surface area contributed by atoms with Crippen molar-refractivity contribution in [3.8, 4) is 12.1 Å². The number of hydrogen-bond donors (Lipinski definition) is 1. The lowest BCUT2D eigenvalue weighted by Crippen LogP contribution is -2.55. The number of anilines is 2. The molecule has 0 bridgehead atoms. The fraction of sp³-hybridized carbons (Fsp3) is 0.400. The van der Waals surface area contributed by atoms with Gasteiger partial charge in [-0.25, -0.2) is 0 Å². The molecule has 4 heterocycles. The molecule has 0 saturated carbocycles. The summed E-state index contributed by atoms with van der Waals surface area (Å²) in [5, 5.41) is 38.3. The SMILES string of the molecule is CC(C)c1ccc(CC(=O)N2C[C@H](Nc3ccc(C#N)nn3)CC2N(C(=O)Cc2ccc(C(C)C)cc2)[C@H]2CCN(c3ccc(C#N)nn3)C2)cc1. The third-order valence-corrected chi connectivity index (χ3v) is 9.98. The number of aromatic nitrogens is 4. The van der Waals surface area contributed by atoms with Crippen LogP contribution in [0.1, 0.15) is 86.0 Å². The van der Waals surface area contributed by atoms with Gasteiger partial charge in [-0.2, -0.15) is 10.5 Å². The fourth-order valence-electron chi connectivity index (χ4n) is 7.06. The Bertz CT molecular complexity index is 1930. The molecule has 2 aromatic heterocycles. The van der Waals surface area contributed by atoms with E-state index in [1.165, 1.54) is 11.1 Å². The third kappa shape index (κ3) is 8.35. The summed E-state index contributed by atoms with van der Waals surface area (Å²) in [6.07, 6.45) is 1.03. The van der Waals surface area contributed by atoms with Gasteiger partial charge in [-0.1, -0.05) is 76.2 Å². The van der Waals surface area contributed by atoms with Gasteiger partial charge in [-0.15, -0.1) is 20.4 Å². The molecule has 0 aliphatic carbocycles. The van der Waals surface area contributed by atoms with Crippen molar-refractivity contribution in [1.29, 1.82) is 10.5 Å². The zero-order chi connectivity index (χ0) is 36.8. The van der Waals surface area contributed by atoms with E-state index in [9.17, 15) is 20.1 Å². The van der Waals surface area contributed by atoms with Crippen molar-refractivity contribution in [2.45, 2.75) is 83.5 Å². The first-order valence-corrected chi connectivity index (χ1v) is 17.9. The summed E-state index contributed by atoms with van der Waals surface area (Å²) < 4.78 is 0. The van der Waals surface area contributed by atoms with Crippen molar-refractivity contribution < 1.29 is 9.59 Å². The van der Waals surface area contributed by atoms with Gasteiger partial charge in [0.1, 0.15) is 24.1 Å². The number of nitrogens with one attached hydrogen (secondary N) is 1. The molecule has 6 rings (SSSR count). The second-order valence-corrected chi connectivity index (χ2v) is 14.2. The average molecular weight is 697 g/mol. The predicted molar refractivity (Wildman–Crippen MR) is 197 cm³/mol. The number of carbonyl (C=O) groups excluding carboxylic acids is 2. The van der Waals surface area contributed by atoms with E-state index in [-0.39, 0.29) is 48.1 Å². The maximum atomic E-state index is 14.6. The summed E-state index contributed by atoms with van der Waals surface area (Å²) in [6.45, 7) is 10.1. The topological polar surface area (TPSA) is 155 Å². The van der Waals surface area contributed by atoms with E-state index in [0.29, 0.717) is 55.9 Å². The van der Waals surface area contributed by atoms with Crippen LogP contribution >= 0.6 is 0 Å². The molecular weight excluding hydrogens is 653 g/mol. The minimum absolute atomic E-state index is 0.0574. The lowest BCUT2D eigenvalue weighted by Gasteiger charge is -2.39. The van der Waals surface area contributed by atoms with Crippen LogP contribution in [0, 0.1) is 22.7 Å². The molecule has 12 heteroatoms. The summed E-state index contributed by atoms with van der Waals surface area (Å²) in [6, 6.07) is 26.7. The Labute approximate surface area is 305 Å². The number of carbonyl (C=O) groups is 2. The fourth-order valence-corrected chi connectivity index (χ4v) is 7.06. The van der Waals surface area contributed by atoms with Crippen LogP contribution in [0.15, 0.2) is 72.8 Å². The highest BCUT2D eigenvalue weighted by molar-refractivity contribution is 5.83. The quantitative estimate of drug-likeness (QED) is 0.222. The van der Waals surface area contributed by atoms with E-state index in [4.69, 9.17) is 0 Å². The number of likely N-dealkylation sites (tertiary alicyclic amines) is 1. The molecule has 1 unspecified atom stereocenters. The zero-order valence-corrected chi connectivity index (χ0v) is 30.1. The van der Waals surface area contributed by atoms with Crippen molar-refractivity contribution in [1.82, 2.24) is 30.2 Å². The summed E-state index contributed by atoms with van der Waals surface area (Å²) >= 11 is 0. The van der Waals surface area contributed by atoms with Crippen LogP contribution in [0.4, 0.5) is 11.6 Å². The van der Waals surface area contributed by atoms with Gasteiger partial charge >= 0.3 is 0 Å². The minimum Gasteiger partial charge on any atom is -0.364 e. The van der Waals surface area contributed by atoms with Crippen molar-refractivity contribution in [3.63, 3.8) is 0 Å². The largest absolute Gasteiger partial charge is 0.364 e. The summed E-state index contributed by atoms with van der Waals surface area (Å²) in [5.74, 6) is 1.77. The first kappa shape index (κ1) is 35.9. The molecule has 2 aliphatic heterocycles. The highest BCUT2D eigenvalue weighted by Crippen LogP contribution is 2.31. The average Bonchev–Trinajstić information content (AvgIpc) is 3.80. The van der Waals surface area contributed by atoms with Gasteiger partial charge in [0.15, 0.2) is 17.2 Å². The van der Waals surface area contributed by atoms with Crippen LogP contribution in [0.25, 0.3) is 0 Å². The van der Waals surface area contributed by atoms with Crippen LogP contribution in [-0.2, 0) is 22.4 Å². The summed E-state index contributed by atoms with van der Waals surface area (Å²) in [5.41, 5.74) is 4.69. The Morgan fingerprint density at radius 3 is 1.92 bits per heavy atom. The molecule has 3 atom stereocenters. The number of amides is 2. The van der Waals surface area contributed by atoms with Crippen LogP contribution in [0.2, 0.25) is 0 Å². The number of nitriles is 2. The first-order valence-electron chi connectivity index (χ1n) is 17.9. The van der Waals surface area contributed by atoms with Gasteiger partial charge in [-0.3, -0.25) is 9.59 Å². The van der Waals surface area contributed by atoms with E-state index >= 15 is 0 Å². The Morgan fingerprint density at radius 2 is 1.38 bits per heavy atom. The Morgan fingerprint density at radius 1 is 0.788 bits per heavy atom. The molecule has 12 nitrogen and oxygen atoms in total. The molecule has 1 N–H and O–H groups in total. The maximum absolute atomic E-state index is 14.6. The molecule has 4 aromatic rings. The molecule has 0 spiro atoms. The second-order valence-electron chi connectivity index (χ2n) is 14.2. The Balaban J connectivity index is 1.31. The van der Waals surface area contributed by atoms with Crippen LogP contribution in [0.3, 0.4) is 0 Å². The van der Waals surface area contributed by atoms with Crippen molar-refractivity contribution >= 4 is 23.5 Å². The normalized spacial score (nSPS) is 18.3. The number of rotatable bonds is 11. The van der Waals surface area contributed by atoms with Gasteiger partial charge in [0.25, 0.3) is 0 Å². The molecule has 266 valence electrons. The number of benzene rings is 2. The molecule has 2 fully saturated rings. The highest BCUT2D eigenvalue weighted by atomic mass is 16.2. The minimum atomic E-state index is -0.522. The monoisotopic (exact) mass is 696 g/mol. The Hall–Kier alpha value is -5.88. The molecule has 2 aliphatic rings. The molecule has 2 amide bonds. The van der Waals surface area contributed by atoms with Crippen LogP contribution < -0.4 is 10.2 Å². The first-order chi connectivity index (χ1) is 25.1. The lowest BCUT2D eigenvalue weighted by atomic mass is 10.00. The van der Waals surface area contributed by atoms with E-state index in [0.717, 1.165) is 11.1 Å². The van der Waals surface area contributed by atoms with E-state index < -0.39 is 6.17 Å². The van der Waals surface area contributed by atoms with Gasteiger partial charge in [0, 0.05) is 32.1 Å². The van der Waals surface area contributed by atoms with E-state index in [2.05, 4.69) is 82.6 Å². The zero-order valence-electron chi connectivity index (χ0n) is 30.1. The number of nitrogens with zero attached hydrogens (tertiary/aromatic N) is 9. The molecule has 52 heavy (non-hydrogen) atoms. The van der Waals surface area contributed by atoms with Gasteiger partial charge in [-0.05, 0) is 64.8 Å². The molecular formula is C40H44N10O2. The Kier molecular flexibility index (Phi) is 11.0. The van der Waals surface area contributed by atoms with Gasteiger partial charge in [0.05, 0.1) is 18.9 Å². The van der Waals surface area contributed by atoms with Gasteiger partial charge < -0.3 is 20.0 Å². The molecule has 2 aromatic carbocycles. The third-order valence-electron chi connectivity index (χ3n) is 9.98.